The van der Waals surface area contributed by atoms with Crippen LogP contribution in [0.4, 0.5) is 18.9 Å². The molecule has 0 aliphatic carbocycles. The third-order valence-corrected chi connectivity index (χ3v) is 14.2. The second kappa shape index (κ2) is 15.9. The van der Waals surface area contributed by atoms with E-state index in [1.54, 1.807) is 12.4 Å². The highest BCUT2D eigenvalue weighted by molar-refractivity contribution is 6.74. The van der Waals surface area contributed by atoms with Crippen molar-refractivity contribution in [1.29, 1.82) is 0 Å². The summed E-state index contributed by atoms with van der Waals surface area (Å²) in [5.74, 6) is -3.31. The van der Waals surface area contributed by atoms with E-state index in [2.05, 4.69) is 55.7 Å². The lowest BCUT2D eigenvalue weighted by Crippen LogP contribution is -2.55. The number of carbonyl (C=O) groups excluding carboxylic acids is 1. The lowest BCUT2D eigenvalue weighted by atomic mass is 9.84. The lowest BCUT2D eigenvalue weighted by Gasteiger charge is -2.48. The van der Waals surface area contributed by atoms with Gasteiger partial charge in [-0.15, -0.1) is 0 Å². The molecule has 3 aromatic rings. The second-order valence-electron chi connectivity index (χ2n) is 17.3. The van der Waals surface area contributed by atoms with Crippen LogP contribution in [0.3, 0.4) is 0 Å². The van der Waals surface area contributed by atoms with Crippen molar-refractivity contribution in [2.45, 2.75) is 117 Å². The number of halogens is 3. The van der Waals surface area contributed by atoms with Crippen molar-refractivity contribution in [3.63, 3.8) is 0 Å². The number of aryl methyl sites for hydroxylation is 2. The molecule has 52 heavy (non-hydrogen) atoms. The number of aromatic nitrogens is 2. The van der Waals surface area contributed by atoms with Crippen LogP contribution in [0.15, 0.2) is 42.7 Å². The van der Waals surface area contributed by atoms with Crippen LogP contribution >= 0.6 is 0 Å². The highest BCUT2D eigenvalue weighted by atomic mass is 28.4. The molecule has 3 heterocycles. The third-order valence-electron chi connectivity index (χ3n) is 9.69. The number of aliphatic hydroxyl groups is 1. The molecular weight excluding hydrogens is 688 g/mol. The van der Waals surface area contributed by atoms with E-state index in [1.807, 2.05) is 26.8 Å². The van der Waals surface area contributed by atoms with Gasteiger partial charge in [0.2, 0.25) is 0 Å². The molecule has 0 saturated carbocycles. The fraction of sp³-hybridized carbons (Fsp3) is 0.575. The fourth-order valence-corrected chi connectivity index (χ4v) is 7.64. The largest absolute Gasteiger partial charge is 0.490 e. The van der Waals surface area contributed by atoms with Gasteiger partial charge in [-0.05, 0) is 95.3 Å². The lowest BCUT2D eigenvalue weighted by molar-refractivity contribution is -0.157. The van der Waals surface area contributed by atoms with E-state index in [-0.39, 0.29) is 47.7 Å². The summed E-state index contributed by atoms with van der Waals surface area (Å²) >= 11 is 0. The Bertz CT molecular complexity index is 1690. The number of hydrogen-bond acceptors (Lipinski definition) is 8. The Morgan fingerprint density at radius 1 is 0.962 bits per heavy atom. The molecule has 2 aromatic heterocycles. The molecule has 4 rings (SSSR count). The first kappa shape index (κ1) is 41.3. The monoisotopic (exact) mass is 743 g/mol. The minimum atomic E-state index is -2.17. The summed E-state index contributed by atoms with van der Waals surface area (Å²) < 4.78 is 63.5. The SMILES string of the molecule is C[C@H]1CN(c2ccncc2CCc2ccc(F)c(-c3c(F)cc(OCC(C)(C)O)cc3F)n2)C[C@@H](CC(=O)OC(C)(C)C)[C@@H]1O[Si](C)(C)C(C)(C)C. The van der Waals surface area contributed by atoms with Crippen LogP contribution in [0.2, 0.25) is 18.1 Å². The maximum atomic E-state index is 15.2. The van der Waals surface area contributed by atoms with Gasteiger partial charge in [-0.1, -0.05) is 27.7 Å². The third kappa shape index (κ3) is 10.8. The van der Waals surface area contributed by atoms with E-state index >= 15 is 13.2 Å². The van der Waals surface area contributed by atoms with Crippen molar-refractivity contribution >= 4 is 20.0 Å². The molecule has 1 aromatic carbocycles. The summed E-state index contributed by atoms with van der Waals surface area (Å²) in [4.78, 5) is 24.2. The number of pyridine rings is 2. The Labute approximate surface area is 308 Å². The molecule has 0 unspecified atom stereocenters. The first-order valence-corrected chi connectivity index (χ1v) is 20.9. The Balaban J connectivity index is 1.57. The first-order valence-electron chi connectivity index (χ1n) is 18.0. The number of hydrogen-bond donors (Lipinski definition) is 1. The number of nitrogens with zero attached hydrogens (tertiary/aromatic N) is 3. The van der Waals surface area contributed by atoms with Crippen molar-refractivity contribution in [3.05, 3.63) is 71.4 Å². The molecule has 1 aliphatic rings. The van der Waals surface area contributed by atoms with Crippen LogP contribution in [0.5, 0.6) is 5.75 Å². The van der Waals surface area contributed by atoms with Crippen LogP contribution < -0.4 is 9.64 Å². The van der Waals surface area contributed by atoms with E-state index in [0.29, 0.717) is 31.6 Å². The Morgan fingerprint density at radius 3 is 2.21 bits per heavy atom. The molecule has 0 spiro atoms. The van der Waals surface area contributed by atoms with Crippen molar-refractivity contribution < 1.29 is 37.0 Å². The number of benzene rings is 1. The molecule has 1 aliphatic heterocycles. The second-order valence-corrected chi connectivity index (χ2v) is 22.0. The van der Waals surface area contributed by atoms with Crippen LogP contribution in [0.25, 0.3) is 11.3 Å². The van der Waals surface area contributed by atoms with E-state index < -0.39 is 48.2 Å². The Morgan fingerprint density at radius 2 is 1.62 bits per heavy atom. The van der Waals surface area contributed by atoms with E-state index in [9.17, 15) is 9.90 Å². The molecule has 0 bridgehead atoms. The van der Waals surface area contributed by atoms with Gasteiger partial charge in [0.1, 0.15) is 41.1 Å². The topological polar surface area (TPSA) is 94.0 Å². The van der Waals surface area contributed by atoms with E-state index in [0.717, 1.165) is 29.4 Å². The van der Waals surface area contributed by atoms with E-state index in [1.165, 1.54) is 19.9 Å². The normalized spacial score (nSPS) is 18.8. The van der Waals surface area contributed by atoms with Gasteiger partial charge >= 0.3 is 5.97 Å². The average Bonchev–Trinajstić information content (AvgIpc) is 2.99. The summed E-state index contributed by atoms with van der Waals surface area (Å²) in [6, 6.07) is 6.54. The summed E-state index contributed by atoms with van der Waals surface area (Å²) in [6.45, 7) is 23.0. The van der Waals surface area contributed by atoms with Gasteiger partial charge in [-0.2, -0.15) is 0 Å². The van der Waals surface area contributed by atoms with Crippen LogP contribution in [0, 0.1) is 29.3 Å². The van der Waals surface area contributed by atoms with Crippen molar-refractivity contribution in [2.24, 2.45) is 11.8 Å². The smallest absolute Gasteiger partial charge is 0.306 e. The average molecular weight is 744 g/mol. The molecule has 1 saturated heterocycles. The number of carbonyl (C=O) groups is 1. The summed E-state index contributed by atoms with van der Waals surface area (Å²) in [7, 11) is -2.17. The molecular formula is C40H56F3N3O5Si. The van der Waals surface area contributed by atoms with Gasteiger partial charge in [0.05, 0.1) is 23.7 Å². The van der Waals surface area contributed by atoms with Crippen molar-refractivity contribution in [1.82, 2.24) is 9.97 Å². The molecule has 0 radical (unpaired) electrons. The Hall–Kier alpha value is -3.48. The van der Waals surface area contributed by atoms with Gasteiger partial charge < -0.3 is 23.9 Å². The Kier molecular flexibility index (Phi) is 12.6. The highest BCUT2D eigenvalue weighted by Crippen LogP contribution is 2.42. The zero-order valence-corrected chi connectivity index (χ0v) is 33.6. The minimum absolute atomic E-state index is 0.00000347. The number of anilines is 1. The number of rotatable bonds is 12. The molecule has 1 fully saturated rings. The summed E-state index contributed by atoms with van der Waals surface area (Å²) in [5, 5.41) is 9.90. The van der Waals surface area contributed by atoms with Gasteiger partial charge in [0.15, 0.2) is 8.32 Å². The van der Waals surface area contributed by atoms with Gasteiger partial charge in [-0.25, -0.2) is 18.2 Å². The van der Waals surface area contributed by atoms with Crippen molar-refractivity contribution in [3.8, 4) is 17.0 Å². The summed E-state index contributed by atoms with van der Waals surface area (Å²) in [6.07, 6.45) is 4.45. The predicted octanol–water partition coefficient (Wildman–Crippen LogP) is 8.69. The summed E-state index contributed by atoms with van der Waals surface area (Å²) in [5.41, 5.74) is -0.509. The number of piperidine rings is 1. The molecule has 12 heteroatoms. The molecule has 8 nitrogen and oxygen atoms in total. The van der Waals surface area contributed by atoms with Crippen LogP contribution in [0.1, 0.15) is 80.0 Å². The van der Waals surface area contributed by atoms with Gasteiger partial charge in [0, 0.05) is 54.9 Å². The maximum absolute atomic E-state index is 15.2. The first-order chi connectivity index (χ1) is 23.9. The van der Waals surface area contributed by atoms with Crippen LogP contribution in [-0.2, 0) is 26.8 Å². The van der Waals surface area contributed by atoms with Gasteiger partial charge in [-0.3, -0.25) is 9.78 Å². The fourth-order valence-electron chi connectivity index (χ4n) is 6.18. The molecule has 1 N–H and O–H groups in total. The minimum Gasteiger partial charge on any atom is -0.490 e. The van der Waals surface area contributed by atoms with Crippen LogP contribution in [-0.4, -0.2) is 66.4 Å². The molecule has 286 valence electrons. The quantitative estimate of drug-likeness (QED) is 0.146. The maximum Gasteiger partial charge on any atom is 0.306 e. The highest BCUT2D eigenvalue weighted by Gasteiger charge is 2.45. The standard InChI is InChI=1S/C40H56F3N3O5Si/c1-25-22-46(23-27(18-34(47)50-38(2,3)4)37(25)51-52(10,11)39(5,6)7)33-16-17-44-21-26(33)12-13-28-14-15-30(41)36(45-28)35-31(42)19-29(20-32(35)43)49-24-40(8,9)48/h14-17,19-21,25,27,37,48H,12-13,18,22-24H2,1-11H3/t25-,27+,37+/m0/s1. The zero-order valence-electron chi connectivity index (χ0n) is 32.6. The molecule has 3 atom stereocenters. The number of esters is 1. The number of ether oxygens (including phenoxy) is 2. The van der Waals surface area contributed by atoms with Crippen molar-refractivity contribution in [2.75, 3.05) is 24.6 Å². The van der Waals surface area contributed by atoms with E-state index in [4.69, 9.17) is 13.9 Å². The molecule has 0 amide bonds. The zero-order chi connectivity index (χ0) is 38.8. The van der Waals surface area contributed by atoms with Gasteiger partial charge in [0.25, 0.3) is 0 Å². The predicted molar refractivity (Wildman–Crippen MR) is 200 cm³/mol.